The van der Waals surface area contributed by atoms with E-state index in [2.05, 4.69) is 29.3 Å². The second-order valence-corrected chi connectivity index (χ2v) is 5.86. The maximum absolute atomic E-state index is 11.8. The van der Waals surface area contributed by atoms with E-state index in [-0.39, 0.29) is 11.9 Å². The summed E-state index contributed by atoms with van der Waals surface area (Å²) in [5.74, 6) is 1.11. The zero-order chi connectivity index (χ0) is 13.8. The van der Waals surface area contributed by atoms with Gasteiger partial charge in [0.15, 0.2) is 0 Å². The predicted molar refractivity (Wildman–Crippen MR) is 80.5 cm³/mol. The van der Waals surface area contributed by atoms with Crippen LogP contribution in [0.5, 0.6) is 0 Å². The quantitative estimate of drug-likeness (QED) is 0.822. The Balaban J connectivity index is 2.37. The Labute approximate surface area is 118 Å². The van der Waals surface area contributed by atoms with Crippen molar-refractivity contribution < 1.29 is 4.79 Å². The van der Waals surface area contributed by atoms with Crippen molar-refractivity contribution >= 4 is 23.4 Å². The average Bonchev–Trinajstić information content (AvgIpc) is 2.42. The molecule has 1 unspecified atom stereocenters. The fourth-order valence-corrected chi connectivity index (χ4v) is 3.28. The van der Waals surface area contributed by atoms with E-state index in [9.17, 15) is 4.79 Å². The van der Waals surface area contributed by atoms with Crippen LogP contribution in [0, 0.1) is 0 Å². The van der Waals surface area contributed by atoms with E-state index in [0.717, 1.165) is 23.5 Å². The summed E-state index contributed by atoms with van der Waals surface area (Å²) in [7, 11) is 0. The molecule has 0 radical (unpaired) electrons. The molecule has 1 aromatic rings. The Bertz CT molecular complexity index is 464. The highest BCUT2D eigenvalue weighted by Crippen LogP contribution is 2.31. The monoisotopic (exact) mass is 279 g/mol. The number of hydrogen-bond acceptors (Lipinski definition) is 4. The van der Waals surface area contributed by atoms with Gasteiger partial charge < -0.3 is 16.0 Å². The van der Waals surface area contributed by atoms with Gasteiger partial charge in [-0.1, -0.05) is 13.0 Å². The molecule has 0 aliphatic carbocycles. The summed E-state index contributed by atoms with van der Waals surface area (Å²) in [5, 5.41) is 2.89. The average molecular weight is 279 g/mol. The highest BCUT2D eigenvalue weighted by Gasteiger charge is 2.27. The van der Waals surface area contributed by atoms with Gasteiger partial charge in [0, 0.05) is 35.8 Å². The topological polar surface area (TPSA) is 58.4 Å². The SMILES string of the molecule is CCSc1cccc(N2CCNC(=O)C2C)c1CN. The number of hydrogen-bond donors (Lipinski definition) is 2. The van der Waals surface area contributed by atoms with Gasteiger partial charge >= 0.3 is 0 Å². The lowest BCUT2D eigenvalue weighted by Gasteiger charge is -2.36. The second-order valence-electron chi connectivity index (χ2n) is 4.55. The van der Waals surface area contributed by atoms with Crippen LogP contribution < -0.4 is 16.0 Å². The fraction of sp³-hybridized carbons (Fsp3) is 0.500. The van der Waals surface area contributed by atoms with Crippen LogP contribution in [0.3, 0.4) is 0 Å². The summed E-state index contributed by atoms with van der Waals surface area (Å²) in [4.78, 5) is 15.2. The first kappa shape index (κ1) is 14.2. The molecule has 1 fully saturated rings. The number of thioether (sulfide) groups is 1. The molecular formula is C14H21N3OS. The largest absolute Gasteiger partial charge is 0.358 e. The van der Waals surface area contributed by atoms with Crippen LogP contribution in [-0.4, -0.2) is 30.8 Å². The van der Waals surface area contributed by atoms with Gasteiger partial charge in [0.05, 0.1) is 0 Å². The number of amides is 1. The van der Waals surface area contributed by atoms with Crippen LogP contribution in [0.15, 0.2) is 23.1 Å². The number of nitrogens with two attached hydrogens (primary N) is 1. The number of anilines is 1. The summed E-state index contributed by atoms with van der Waals surface area (Å²) < 4.78 is 0. The Kier molecular flexibility index (Phi) is 4.71. The van der Waals surface area contributed by atoms with Gasteiger partial charge in [-0.3, -0.25) is 4.79 Å². The molecule has 1 aromatic carbocycles. The number of piperazine rings is 1. The minimum Gasteiger partial charge on any atom is -0.358 e. The van der Waals surface area contributed by atoms with Gasteiger partial charge in [0.1, 0.15) is 6.04 Å². The molecule has 4 nitrogen and oxygen atoms in total. The first-order valence-corrected chi connectivity index (χ1v) is 7.66. The minimum atomic E-state index is -0.138. The molecule has 1 atom stereocenters. The molecule has 19 heavy (non-hydrogen) atoms. The number of nitrogens with one attached hydrogen (secondary N) is 1. The van der Waals surface area contributed by atoms with E-state index in [1.54, 1.807) is 11.8 Å². The van der Waals surface area contributed by atoms with E-state index in [4.69, 9.17) is 5.73 Å². The van der Waals surface area contributed by atoms with Crippen molar-refractivity contribution in [1.82, 2.24) is 5.32 Å². The zero-order valence-corrected chi connectivity index (χ0v) is 12.3. The molecule has 0 bridgehead atoms. The van der Waals surface area contributed by atoms with Crippen molar-refractivity contribution in [2.45, 2.75) is 31.3 Å². The Morgan fingerprint density at radius 1 is 1.53 bits per heavy atom. The maximum atomic E-state index is 11.8. The van der Waals surface area contributed by atoms with Gasteiger partial charge in [-0.15, -0.1) is 11.8 Å². The van der Waals surface area contributed by atoms with Crippen molar-refractivity contribution in [2.24, 2.45) is 5.73 Å². The van der Waals surface area contributed by atoms with Crippen molar-refractivity contribution in [2.75, 3.05) is 23.7 Å². The van der Waals surface area contributed by atoms with Gasteiger partial charge in [-0.2, -0.15) is 0 Å². The molecule has 1 amide bonds. The van der Waals surface area contributed by atoms with Crippen molar-refractivity contribution in [1.29, 1.82) is 0 Å². The van der Waals surface area contributed by atoms with Crippen LogP contribution in [0.4, 0.5) is 5.69 Å². The third-order valence-electron chi connectivity index (χ3n) is 3.42. The molecule has 0 saturated carbocycles. The minimum absolute atomic E-state index is 0.0859. The number of benzene rings is 1. The molecule has 1 aliphatic rings. The maximum Gasteiger partial charge on any atom is 0.242 e. The molecular weight excluding hydrogens is 258 g/mol. The van der Waals surface area contributed by atoms with E-state index < -0.39 is 0 Å². The molecule has 3 N–H and O–H groups in total. The van der Waals surface area contributed by atoms with Crippen LogP contribution in [0.2, 0.25) is 0 Å². The first-order valence-electron chi connectivity index (χ1n) is 6.68. The van der Waals surface area contributed by atoms with Crippen LogP contribution in [-0.2, 0) is 11.3 Å². The van der Waals surface area contributed by atoms with E-state index in [1.807, 2.05) is 13.0 Å². The second kappa shape index (κ2) is 6.30. The lowest BCUT2D eigenvalue weighted by molar-refractivity contribution is -0.122. The Morgan fingerprint density at radius 3 is 3.00 bits per heavy atom. The third-order valence-corrected chi connectivity index (χ3v) is 4.40. The van der Waals surface area contributed by atoms with E-state index in [0.29, 0.717) is 13.1 Å². The summed E-state index contributed by atoms with van der Waals surface area (Å²) >= 11 is 1.80. The van der Waals surface area contributed by atoms with Crippen LogP contribution >= 0.6 is 11.8 Å². The molecule has 0 spiro atoms. The Morgan fingerprint density at radius 2 is 2.32 bits per heavy atom. The molecule has 104 valence electrons. The highest BCUT2D eigenvalue weighted by molar-refractivity contribution is 7.99. The van der Waals surface area contributed by atoms with E-state index >= 15 is 0 Å². The summed E-state index contributed by atoms with van der Waals surface area (Å²) in [5.41, 5.74) is 8.18. The van der Waals surface area contributed by atoms with Crippen molar-refractivity contribution in [3.8, 4) is 0 Å². The molecule has 1 aliphatic heterocycles. The predicted octanol–water partition coefficient (Wildman–Crippen LogP) is 1.58. The summed E-state index contributed by atoms with van der Waals surface area (Å²) in [6, 6.07) is 6.08. The van der Waals surface area contributed by atoms with Crippen molar-refractivity contribution in [3.63, 3.8) is 0 Å². The number of rotatable bonds is 4. The smallest absolute Gasteiger partial charge is 0.242 e. The number of carbonyl (C=O) groups excluding carboxylic acids is 1. The normalized spacial score (nSPS) is 19.4. The number of carbonyl (C=O) groups is 1. The molecule has 1 saturated heterocycles. The number of nitrogens with zero attached hydrogens (tertiary/aromatic N) is 1. The molecule has 5 heteroatoms. The molecule has 1 heterocycles. The van der Waals surface area contributed by atoms with E-state index in [1.165, 1.54) is 4.90 Å². The van der Waals surface area contributed by atoms with Gasteiger partial charge in [-0.05, 0) is 24.8 Å². The zero-order valence-electron chi connectivity index (χ0n) is 11.5. The molecule has 2 rings (SSSR count). The van der Waals surface area contributed by atoms with Gasteiger partial charge in [0.25, 0.3) is 0 Å². The molecule has 0 aromatic heterocycles. The fourth-order valence-electron chi connectivity index (χ4n) is 2.43. The standard InChI is InChI=1S/C14H21N3OS/c1-3-19-13-6-4-5-12(11(13)9-15)17-8-7-16-14(18)10(17)2/h4-6,10H,3,7-9,15H2,1-2H3,(H,16,18). The lowest BCUT2D eigenvalue weighted by atomic mass is 10.1. The first-order chi connectivity index (χ1) is 9.19. The summed E-state index contributed by atoms with van der Waals surface area (Å²) in [6.07, 6.45) is 0. The van der Waals surface area contributed by atoms with Gasteiger partial charge in [-0.25, -0.2) is 0 Å². The van der Waals surface area contributed by atoms with Gasteiger partial charge in [0.2, 0.25) is 5.91 Å². The van der Waals surface area contributed by atoms with Crippen molar-refractivity contribution in [3.05, 3.63) is 23.8 Å². The van der Waals surface area contributed by atoms with Crippen LogP contribution in [0.25, 0.3) is 0 Å². The summed E-state index contributed by atoms with van der Waals surface area (Å²) in [6.45, 7) is 6.10. The highest BCUT2D eigenvalue weighted by atomic mass is 32.2. The van der Waals surface area contributed by atoms with Crippen LogP contribution in [0.1, 0.15) is 19.4 Å². The third kappa shape index (κ3) is 2.87. The lowest BCUT2D eigenvalue weighted by Crippen LogP contribution is -2.54. The Hall–Kier alpha value is -1.20.